The van der Waals surface area contributed by atoms with E-state index >= 15 is 0 Å². The summed E-state index contributed by atoms with van der Waals surface area (Å²) in [5.41, 5.74) is 0.539. The fourth-order valence-corrected chi connectivity index (χ4v) is 2.38. The summed E-state index contributed by atoms with van der Waals surface area (Å²) in [6, 6.07) is 5.87. The maximum Gasteiger partial charge on any atom is 0.413 e. The number of ether oxygens (including phenoxy) is 1. The lowest BCUT2D eigenvalue weighted by atomic mass is 10.1. The van der Waals surface area contributed by atoms with Crippen LogP contribution in [0.5, 0.6) is 0 Å². The van der Waals surface area contributed by atoms with Crippen LogP contribution < -0.4 is 5.32 Å². The fraction of sp³-hybridized carbons (Fsp3) is 0.368. The molecule has 0 saturated carbocycles. The molecule has 1 amide bonds. The number of carboxylic acid groups (broad SMARTS) is 1. The highest BCUT2D eigenvalue weighted by molar-refractivity contribution is 5.89. The summed E-state index contributed by atoms with van der Waals surface area (Å²) in [5, 5.41) is 11.5. The molecule has 0 aliphatic heterocycles. The van der Waals surface area contributed by atoms with Crippen LogP contribution in [0.1, 0.15) is 38.1 Å². The molecule has 0 spiro atoms. The molecule has 0 aromatic heterocycles. The Labute approximate surface area is 148 Å². The number of carbonyl (C=O) groups is 2. The second-order valence-corrected chi connectivity index (χ2v) is 5.80. The average Bonchev–Trinajstić information content (AvgIpc) is 2.54. The molecule has 1 aromatic rings. The van der Waals surface area contributed by atoms with Gasteiger partial charge in [0.25, 0.3) is 0 Å². The minimum Gasteiger partial charge on any atom is -0.478 e. The maximum absolute atomic E-state index is 12.3. The summed E-state index contributed by atoms with van der Waals surface area (Å²) in [6.45, 7) is 12.9. The van der Waals surface area contributed by atoms with E-state index in [1.54, 1.807) is 6.08 Å². The van der Waals surface area contributed by atoms with E-state index in [2.05, 4.69) is 11.9 Å². The Morgan fingerprint density at radius 3 is 2.28 bits per heavy atom. The monoisotopic (exact) mass is 346 g/mol. The van der Waals surface area contributed by atoms with Crippen molar-refractivity contribution in [2.24, 2.45) is 0 Å². The number of hydrogen-bond donors (Lipinski definition) is 2. The molecule has 0 saturated heterocycles. The summed E-state index contributed by atoms with van der Waals surface area (Å²) >= 11 is 0. The predicted molar refractivity (Wildman–Crippen MR) is 98.8 cm³/mol. The van der Waals surface area contributed by atoms with Crippen molar-refractivity contribution in [2.75, 3.05) is 18.4 Å². The molecule has 0 bridgehead atoms. The minimum absolute atomic E-state index is 0.149. The second-order valence-electron chi connectivity index (χ2n) is 5.80. The second kappa shape index (κ2) is 9.03. The highest BCUT2D eigenvalue weighted by Crippen LogP contribution is 2.21. The number of rotatable bonds is 8. The first-order valence-electron chi connectivity index (χ1n) is 8.15. The summed E-state index contributed by atoms with van der Waals surface area (Å²) in [4.78, 5) is 25.2. The summed E-state index contributed by atoms with van der Waals surface area (Å²) in [5.74, 6) is -1.02. The molecule has 1 atom stereocenters. The van der Waals surface area contributed by atoms with Gasteiger partial charge in [-0.2, -0.15) is 0 Å². The van der Waals surface area contributed by atoms with Gasteiger partial charge in [-0.3, -0.25) is 10.2 Å². The molecule has 1 aromatic carbocycles. The Hall–Kier alpha value is -2.60. The van der Waals surface area contributed by atoms with Crippen LogP contribution in [-0.4, -0.2) is 40.9 Å². The van der Waals surface area contributed by atoms with Gasteiger partial charge in [0.2, 0.25) is 0 Å². The number of amides is 1. The van der Waals surface area contributed by atoms with Gasteiger partial charge in [-0.05, 0) is 57.3 Å². The smallest absolute Gasteiger partial charge is 0.413 e. The van der Waals surface area contributed by atoms with Gasteiger partial charge in [0.05, 0.1) is 5.56 Å². The van der Waals surface area contributed by atoms with Crippen molar-refractivity contribution in [3.8, 4) is 0 Å². The highest BCUT2D eigenvalue weighted by atomic mass is 16.6. The van der Waals surface area contributed by atoms with Gasteiger partial charge in [-0.1, -0.05) is 32.1 Å². The number of nitrogens with one attached hydrogen (secondary N) is 1. The van der Waals surface area contributed by atoms with E-state index < -0.39 is 17.8 Å². The summed E-state index contributed by atoms with van der Waals surface area (Å²) in [7, 11) is 0. The third kappa shape index (κ3) is 6.08. The molecule has 25 heavy (non-hydrogen) atoms. The van der Waals surface area contributed by atoms with E-state index in [-0.39, 0.29) is 5.56 Å². The zero-order valence-electron chi connectivity index (χ0n) is 15.2. The van der Waals surface area contributed by atoms with Gasteiger partial charge in [0.1, 0.15) is 0 Å². The topological polar surface area (TPSA) is 78.9 Å². The normalized spacial score (nSPS) is 13.5. The fourth-order valence-electron chi connectivity index (χ4n) is 2.38. The Kier molecular flexibility index (Phi) is 7.39. The Balaban J connectivity index is 2.90. The van der Waals surface area contributed by atoms with Crippen molar-refractivity contribution in [2.45, 2.75) is 33.4 Å². The van der Waals surface area contributed by atoms with Crippen LogP contribution in [0.3, 0.4) is 0 Å². The standard InChI is InChI=1S/C19H26N2O4/c1-6-21(7-2)19(5,13-12-14(3)4)25-18(24)20-16-10-8-15(9-11-16)17(22)23/h8-13H,3,6-7H2,1-2,4-5H3,(H,20,24)(H,22,23)/b13-12-. The molecule has 1 rings (SSSR count). The van der Waals surface area contributed by atoms with Crippen LogP contribution in [0.15, 0.2) is 48.6 Å². The molecule has 1 unspecified atom stereocenters. The van der Waals surface area contributed by atoms with Crippen molar-refractivity contribution >= 4 is 17.7 Å². The van der Waals surface area contributed by atoms with Crippen molar-refractivity contribution < 1.29 is 19.4 Å². The maximum atomic E-state index is 12.3. The molecule has 2 N–H and O–H groups in total. The van der Waals surface area contributed by atoms with E-state index in [0.29, 0.717) is 18.8 Å². The number of benzene rings is 1. The molecule has 0 radical (unpaired) electrons. The van der Waals surface area contributed by atoms with Gasteiger partial charge in [-0.15, -0.1) is 0 Å². The van der Waals surface area contributed by atoms with Crippen molar-refractivity contribution in [1.82, 2.24) is 4.90 Å². The van der Waals surface area contributed by atoms with Crippen LogP contribution in [0.2, 0.25) is 0 Å². The third-order valence-corrected chi connectivity index (χ3v) is 3.75. The first-order chi connectivity index (χ1) is 11.7. The molecule has 6 heteroatoms. The van der Waals surface area contributed by atoms with E-state index in [0.717, 1.165) is 5.57 Å². The minimum atomic E-state index is -1.02. The van der Waals surface area contributed by atoms with Crippen molar-refractivity contribution in [3.05, 3.63) is 54.1 Å². The van der Waals surface area contributed by atoms with E-state index in [9.17, 15) is 9.59 Å². The van der Waals surface area contributed by atoms with Crippen LogP contribution in [0.25, 0.3) is 0 Å². The van der Waals surface area contributed by atoms with E-state index in [1.165, 1.54) is 24.3 Å². The molecular weight excluding hydrogens is 320 g/mol. The van der Waals surface area contributed by atoms with Crippen molar-refractivity contribution in [3.63, 3.8) is 0 Å². The molecule has 0 heterocycles. The SMILES string of the molecule is C=C(C)/C=C\C(C)(OC(=O)Nc1ccc(C(=O)O)cc1)N(CC)CC. The van der Waals surface area contributed by atoms with Crippen LogP contribution in [0.4, 0.5) is 10.5 Å². The predicted octanol–water partition coefficient (Wildman–Crippen LogP) is 4.12. The van der Waals surface area contributed by atoms with Crippen LogP contribution in [0, 0.1) is 0 Å². The number of carboxylic acids is 1. The molecular formula is C19H26N2O4. The third-order valence-electron chi connectivity index (χ3n) is 3.75. The Bertz CT molecular complexity index is 648. The molecule has 0 aliphatic carbocycles. The lowest BCUT2D eigenvalue weighted by Crippen LogP contribution is -2.48. The van der Waals surface area contributed by atoms with Gasteiger partial charge in [0.15, 0.2) is 5.72 Å². The Morgan fingerprint density at radius 2 is 1.84 bits per heavy atom. The van der Waals surface area contributed by atoms with Gasteiger partial charge in [-0.25, -0.2) is 9.59 Å². The molecule has 0 fully saturated rings. The zero-order chi connectivity index (χ0) is 19.0. The first-order valence-corrected chi connectivity index (χ1v) is 8.15. The zero-order valence-corrected chi connectivity index (χ0v) is 15.2. The number of likely N-dealkylation sites (N-methyl/N-ethyl adjacent to an activating group) is 1. The molecule has 6 nitrogen and oxygen atoms in total. The molecule has 136 valence electrons. The molecule has 0 aliphatic rings. The van der Waals surface area contributed by atoms with E-state index in [1.807, 2.05) is 38.7 Å². The van der Waals surface area contributed by atoms with Crippen molar-refractivity contribution in [1.29, 1.82) is 0 Å². The van der Waals surface area contributed by atoms with Gasteiger partial charge < -0.3 is 9.84 Å². The van der Waals surface area contributed by atoms with Crippen LogP contribution >= 0.6 is 0 Å². The number of nitrogens with zero attached hydrogens (tertiary/aromatic N) is 1. The largest absolute Gasteiger partial charge is 0.478 e. The number of allylic oxidation sites excluding steroid dienone is 2. The summed E-state index contributed by atoms with van der Waals surface area (Å²) in [6.07, 6.45) is 2.99. The Morgan fingerprint density at radius 1 is 1.28 bits per heavy atom. The highest BCUT2D eigenvalue weighted by Gasteiger charge is 2.31. The quantitative estimate of drug-likeness (QED) is 0.547. The van der Waals surface area contributed by atoms with Crippen LogP contribution in [-0.2, 0) is 4.74 Å². The average molecular weight is 346 g/mol. The van der Waals surface area contributed by atoms with Gasteiger partial charge >= 0.3 is 12.1 Å². The number of aromatic carboxylic acids is 1. The number of anilines is 1. The summed E-state index contributed by atoms with van der Waals surface area (Å²) < 4.78 is 5.65. The van der Waals surface area contributed by atoms with Gasteiger partial charge in [0, 0.05) is 5.69 Å². The first kappa shape index (κ1) is 20.4. The lowest BCUT2D eigenvalue weighted by molar-refractivity contribution is -0.0529. The lowest BCUT2D eigenvalue weighted by Gasteiger charge is -2.37. The number of hydrogen-bond acceptors (Lipinski definition) is 4. The van der Waals surface area contributed by atoms with E-state index in [4.69, 9.17) is 9.84 Å². The number of carbonyl (C=O) groups excluding carboxylic acids is 1.